The van der Waals surface area contributed by atoms with Gasteiger partial charge in [0.15, 0.2) is 5.78 Å². The average Bonchev–Trinajstić information content (AvgIpc) is 2.90. The zero-order valence-electron chi connectivity index (χ0n) is 17.1. The van der Waals surface area contributed by atoms with Gasteiger partial charge in [0.1, 0.15) is 12.2 Å². The first-order valence-corrected chi connectivity index (χ1v) is 10.8. The quantitative estimate of drug-likeness (QED) is 0.492. The second kappa shape index (κ2) is 6.85. The summed E-state index contributed by atoms with van der Waals surface area (Å²) in [6.45, 7) is 5.79. The van der Waals surface area contributed by atoms with E-state index < -0.39 is 18.2 Å². The molecule has 4 aliphatic rings. The number of ketones is 1. The van der Waals surface area contributed by atoms with Gasteiger partial charge in [0, 0.05) is 12.8 Å². The maximum absolute atomic E-state index is 12.7. The molecule has 0 heterocycles. The molecule has 28 heavy (non-hydrogen) atoms. The Hall–Kier alpha value is -1.38. The summed E-state index contributed by atoms with van der Waals surface area (Å²) in [5.41, 5.74) is -0.203. The van der Waals surface area contributed by atoms with Gasteiger partial charge in [0.25, 0.3) is 0 Å². The van der Waals surface area contributed by atoms with Gasteiger partial charge in [-0.15, -0.1) is 0 Å². The van der Waals surface area contributed by atoms with E-state index in [0.717, 1.165) is 38.5 Å². The van der Waals surface area contributed by atoms with E-state index >= 15 is 0 Å². The third kappa shape index (κ3) is 2.83. The van der Waals surface area contributed by atoms with E-state index in [9.17, 15) is 19.8 Å². The molecule has 2 N–H and O–H groups in total. The summed E-state index contributed by atoms with van der Waals surface area (Å²) in [5, 5.41) is 21.1. The minimum Gasteiger partial charge on any atom is -0.391 e. The fraction of sp³-hybridized carbons (Fsp3) is 0.826. The summed E-state index contributed by atoms with van der Waals surface area (Å²) in [5.74, 6) is 3.74. The molecular weight excluding hydrogens is 356 g/mol. The molecule has 0 radical (unpaired) electrons. The number of esters is 1. The van der Waals surface area contributed by atoms with Crippen LogP contribution in [0.4, 0.5) is 0 Å². The van der Waals surface area contributed by atoms with Gasteiger partial charge < -0.3 is 14.9 Å². The monoisotopic (exact) mass is 388 g/mol. The fourth-order valence-electron chi connectivity index (χ4n) is 7.44. The molecular formula is C23H32O5. The molecule has 0 aliphatic heterocycles. The van der Waals surface area contributed by atoms with Crippen molar-refractivity contribution in [3.8, 4) is 12.0 Å². The second-order valence-corrected chi connectivity index (χ2v) is 10.1. The highest BCUT2D eigenvalue weighted by atomic mass is 16.5. The van der Waals surface area contributed by atoms with Crippen molar-refractivity contribution in [2.75, 3.05) is 0 Å². The number of carbonyl (C=O) groups is 2. The number of hydrogen-bond donors (Lipinski definition) is 2. The molecule has 4 aliphatic carbocycles. The van der Waals surface area contributed by atoms with Crippen molar-refractivity contribution in [3.63, 3.8) is 0 Å². The predicted octanol–water partition coefficient (Wildman–Crippen LogP) is 2.68. The van der Waals surface area contributed by atoms with E-state index in [-0.39, 0.29) is 28.4 Å². The molecule has 9 atom stereocenters. The molecule has 0 bridgehead atoms. The Balaban J connectivity index is 1.58. The van der Waals surface area contributed by atoms with E-state index in [1.807, 2.05) is 0 Å². The lowest BCUT2D eigenvalue weighted by atomic mass is 9.45. The maximum atomic E-state index is 12.7. The van der Waals surface area contributed by atoms with Crippen LogP contribution in [0.15, 0.2) is 0 Å². The topological polar surface area (TPSA) is 83.8 Å². The second-order valence-electron chi connectivity index (χ2n) is 10.1. The number of ether oxygens (including phenoxy) is 1. The van der Waals surface area contributed by atoms with Crippen LogP contribution in [-0.2, 0) is 14.3 Å². The standard InChI is InChI=1S/C23H32O5/c1-13(24)28-11-8-14-12-18-15-4-5-17-20(26)19(25)7-10-22(17,2)16(15)6-9-23(18,3)21(14)27/h14-19,21,25,27H,4-7,9-10,12H2,1-3H3/t14?,15-,16-,17?,18+,19?,21?,22-,23+/m1/s1. The highest BCUT2D eigenvalue weighted by Gasteiger charge is 2.63. The Morgan fingerprint density at radius 2 is 1.79 bits per heavy atom. The Morgan fingerprint density at radius 1 is 1.07 bits per heavy atom. The molecule has 0 aromatic heterocycles. The number of hydrogen-bond acceptors (Lipinski definition) is 5. The van der Waals surface area contributed by atoms with Crippen LogP contribution < -0.4 is 0 Å². The van der Waals surface area contributed by atoms with Gasteiger partial charge >= 0.3 is 5.97 Å². The number of aliphatic hydroxyl groups excluding tert-OH is 2. The summed E-state index contributed by atoms with van der Waals surface area (Å²) in [6, 6.07) is 0. The average molecular weight is 389 g/mol. The molecule has 5 nitrogen and oxygen atoms in total. The van der Waals surface area contributed by atoms with Crippen LogP contribution in [-0.4, -0.2) is 34.2 Å². The third-order valence-corrected chi connectivity index (χ3v) is 8.94. The number of rotatable bonds is 0. The Bertz CT molecular complexity index is 735. The molecule has 0 spiro atoms. The first kappa shape index (κ1) is 19.9. The zero-order chi connectivity index (χ0) is 20.3. The molecule has 0 aromatic carbocycles. The van der Waals surface area contributed by atoms with E-state index in [2.05, 4.69) is 25.9 Å². The van der Waals surface area contributed by atoms with Crippen molar-refractivity contribution in [3.05, 3.63) is 0 Å². The van der Waals surface area contributed by atoms with Crippen LogP contribution in [0.3, 0.4) is 0 Å². The Kier molecular flexibility index (Phi) is 4.87. The summed E-state index contributed by atoms with van der Waals surface area (Å²) < 4.78 is 4.78. The van der Waals surface area contributed by atoms with Gasteiger partial charge in [-0.1, -0.05) is 19.8 Å². The van der Waals surface area contributed by atoms with E-state index in [1.54, 1.807) is 0 Å². The van der Waals surface area contributed by atoms with Crippen LogP contribution in [0.25, 0.3) is 0 Å². The number of fused-ring (bicyclic) bond motifs is 5. The normalized spacial score (nSPS) is 49.9. The van der Waals surface area contributed by atoms with E-state index in [4.69, 9.17) is 4.74 Å². The van der Waals surface area contributed by atoms with Crippen molar-refractivity contribution in [2.45, 2.75) is 77.9 Å². The first-order chi connectivity index (χ1) is 13.2. The summed E-state index contributed by atoms with van der Waals surface area (Å²) >= 11 is 0. The highest BCUT2D eigenvalue weighted by Crippen LogP contribution is 2.66. The number of aliphatic hydroxyl groups is 2. The van der Waals surface area contributed by atoms with Gasteiger partial charge in [-0.2, -0.15) is 0 Å². The van der Waals surface area contributed by atoms with E-state index in [1.165, 1.54) is 6.92 Å². The Labute approximate surface area is 167 Å². The van der Waals surface area contributed by atoms with Crippen LogP contribution >= 0.6 is 0 Å². The molecule has 5 heteroatoms. The van der Waals surface area contributed by atoms with Gasteiger partial charge in [0.2, 0.25) is 0 Å². The molecule has 0 saturated heterocycles. The van der Waals surface area contributed by atoms with Crippen LogP contribution in [0.1, 0.15) is 65.7 Å². The minimum absolute atomic E-state index is 0.0206. The minimum atomic E-state index is -0.780. The molecule has 0 aromatic rings. The molecule has 154 valence electrons. The van der Waals surface area contributed by atoms with Crippen molar-refractivity contribution in [1.82, 2.24) is 0 Å². The molecule has 4 fully saturated rings. The number of Topliss-reactive ketones (excluding diaryl/α,β-unsaturated/α-hetero) is 1. The first-order valence-electron chi connectivity index (χ1n) is 10.8. The number of carbonyl (C=O) groups excluding carboxylic acids is 2. The lowest BCUT2D eigenvalue weighted by molar-refractivity contribution is -0.161. The zero-order valence-corrected chi connectivity index (χ0v) is 17.1. The highest BCUT2D eigenvalue weighted by molar-refractivity contribution is 5.87. The largest absolute Gasteiger partial charge is 0.391 e. The molecule has 0 amide bonds. The summed E-state index contributed by atoms with van der Waals surface area (Å²) in [4.78, 5) is 23.6. The third-order valence-electron chi connectivity index (χ3n) is 8.94. The lowest BCUT2D eigenvalue weighted by Gasteiger charge is -2.59. The van der Waals surface area contributed by atoms with Crippen molar-refractivity contribution in [1.29, 1.82) is 0 Å². The van der Waals surface area contributed by atoms with Crippen LogP contribution in [0.2, 0.25) is 0 Å². The Morgan fingerprint density at radius 3 is 2.50 bits per heavy atom. The summed E-state index contributed by atoms with van der Waals surface area (Å²) in [6.07, 6.45) is 7.30. The van der Waals surface area contributed by atoms with Gasteiger partial charge in [-0.05, 0) is 73.5 Å². The molecule has 4 saturated carbocycles. The van der Waals surface area contributed by atoms with E-state index in [0.29, 0.717) is 24.2 Å². The van der Waals surface area contributed by atoms with Crippen molar-refractivity contribution < 1.29 is 24.5 Å². The summed E-state index contributed by atoms with van der Waals surface area (Å²) in [7, 11) is 0. The molecule has 4 unspecified atom stereocenters. The fourth-order valence-corrected chi connectivity index (χ4v) is 7.44. The lowest BCUT2D eigenvalue weighted by Crippen LogP contribution is -2.57. The van der Waals surface area contributed by atoms with Crippen molar-refractivity contribution in [2.24, 2.45) is 40.4 Å². The SMILES string of the molecule is CC(=O)OC#CC1C[C@H]2[C@@H]3CCC4C(=O)C(O)CC[C@]4(C)[C@@H]3CC[C@]2(C)C1O. The van der Waals surface area contributed by atoms with Crippen LogP contribution in [0.5, 0.6) is 0 Å². The van der Waals surface area contributed by atoms with Gasteiger partial charge in [-0.3, -0.25) is 9.59 Å². The van der Waals surface area contributed by atoms with Gasteiger partial charge in [-0.25, -0.2) is 0 Å². The van der Waals surface area contributed by atoms with Crippen LogP contribution in [0, 0.1) is 52.4 Å². The smallest absolute Gasteiger partial charge is 0.316 e. The van der Waals surface area contributed by atoms with Crippen molar-refractivity contribution >= 4 is 11.8 Å². The maximum Gasteiger partial charge on any atom is 0.316 e. The predicted molar refractivity (Wildman–Crippen MR) is 103 cm³/mol. The van der Waals surface area contributed by atoms with Gasteiger partial charge in [0.05, 0.1) is 12.0 Å². The molecule has 4 rings (SSSR count).